The van der Waals surface area contributed by atoms with Crippen LogP contribution in [-0.2, 0) is 19.1 Å². The lowest BCUT2D eigenvalue weighted by Gasteiger charge is -2.33. The number of carbonyl (C=O) groups excluding carboxylic acids is 2. The number of nitrogens with one attached hydrogen (secondary N) is 1. The molecule has 174 valence electrons. The van der Waals surface area contributed by atoms with E-state index in [2.05, 4.69) is 27.2 Å². The Morgan fingerprint density at radius 3 is 2.28 bits per heavy atom. The molecule has 0 bridgehead atoms. The van der Waals surface area contributed by atoms with E-state index in [1.54, 1.807) is 0 Å². The summed E-state index contributed by atoms with van der Waals surface area (Å²) in [6, 6.07) is 6.60. The van der Waals surface area contributed by atoms with Crippen molar-refractivity contribution in [2.24, 2.45) is 5.92 Å². The second kappa shape index (κ2) is 9.67. The second-order valence-electron chi connectivity index (χ2n) is 9.27. The van der Waals surface area contributed by atoms with Crippen LogP contribution < -0.4 is 15.1 Å². The molecule has 1 N–H and O–H groups in total. The van der Waals surface area contributed by atoms with Gasteiger partial charge in [-0.2, -0.15) is 0 Å². The normalized spacial score (nSPS) is 24.9. The van der Waals surface area contributed by atoms with E-state index in [0.717, 1.165) is 69.3 Å². The quantitative estimate of drug-likeness (QED) is 0.753. The molecule has 8 nitrogen and oxygen atoms in total. The fourth-order valence-electron chi connectivity index (χ4n) is 5.42. The minimum atomic E-state index is -0.278. The number of ether oxygens (including phenoxy) is 2. The number of amides is 2. The van der Waals surface area contributed by atoms with Gasteiger partial charge < -0.3 is 29.5 Å². The zero-order valence-corrected chi connectivity index (χ0v) is 18.8. The maximum Gasteiger partial charge on any atom is 0.229 e. The first kappa shape index (κ1) is 21.5. The minimum Gasteiger partial charge on any atom is -0.378 e. The summed E-state index contributed by atoms with van der Waals surface area (Å²) in [5.41, 5.74) is 3.00. The Bertz CT molecular complexity index is 829. The summed E-state index contributed by atoms with van der Waals surface area (Å²) in [6.07, 6.45) is 4.84. The summed E-state index contributed by atoms with van der Waals surface area (Å²) in [5, 5.41) is 3.17. The van der Waals surface area contributed by atoms with Gasteiger partial charge in [0.05, 0.1) is 43.7 Å². The average Bonchev–Trinajstić information content (AvgIpc) is 3.50. The van der Waals surface area contributed by atoms with Crippen LogP contribution in [0.3, 0.4) is 0 Å². The highest BCUT2D eigenvalue weighted by Crippen LogP contribution is 2.34. The molecule has 4 fully saturated rings. The van der Waals surface area contributed by atoms with E-state index in [1.807, 2.05) is 11.0 Å². The van der Waals surface area contributed by atoms with Crippen molar-refractivity contribution >= 4 is 28.9 Å². The van der Waals surface area contributed by atoms with Gasteiger partial charge in [-0.25, -0.2) is 0 Å². The fraction of sp³-hybridized carbons (Fsp3) is 0.667. The van der Waals surface area contributed by atoms with Crippen LogP contribution in [0.15, 0.2) is 18.2 Å². The minimum absolute atomic E-state index is 0.0486. The van der Waals surface area contributed by atoms with E-state index < -0.39 is 0 Å². The molecule has 3 aliphatic heterocycles. The van der Waals surface area contributed by atoms with Crippen LogP contribution in [0.5, 0.6) is 0 Å². The molecule has 3 saturated heterocycles. The zero-order valence-electron chi connectivity index (χ0n) is 18.8. The summed E-state index contributed by atoms with van der Waals surface area (Å²) >= 11 is 0. The Morgan fingerprint density at radius 2 is 1.59 bits per heavy atom. The zero-order chi connectivity index (χ0) is 21.9. The molecule has 0 aromatic heterocycles. The Morgan fingerprint density at radius 1 is 0.938 bits per heavy atom. The first-order valence-corrected chi connectivity index (χ1v) is 12.1. The molecule has 1 unspecified atom stereocenters. The van der Waals surface area contributed by atoms with E-state index >= 15 is 0 Å². The monoisotopic (exact) mass is 442 g/mol. The molecule has 1 atom stereocenters. The van der Waals surface area contributed by atoms with Gasteiger partial charge in [-0.3, -0.25) is 9.59 Å². The first-order chi connectivity index (χ1) is 15.7. The molecule has 0 radical (unpaired) electrons. The molecule has 5 rings (SSSR count). The number of hydrogen-bond donors (Lipinski definition) is 1. The molecule has 3 heterocycles. The highest BCUT2D eigenvalue weighted by Gasteiger charge is 2.38. The predicted molar refractivity (Wildman–Crippen MR) is 123 cm³/mol. The second-order valence-corrected chi connectivity index (χ2v) is 9.27. The number of benzene rings is 1. The molecule has 1 aromatic rings. The van der Waals surface area contributed by atoms with Crippen LogP contribution >= 0.6 is 0 Å². The van der Waals surface area contributed by atoms with E-state index in [-0.39, 0.29) is 17.7 Å². The molecule has 0 spiro atoms. The smallest absolute Gasteiger partial charge is 0.229 e. The molecule has 32 heavy (non-hydrogen) atoms. The number of hydrogen-bond acceptors (Lipinski definition) is 6. The molecule has 2 amide bonds. The topological polar surface area (TPSA) is 74.4 Å². The van der Waals surface area contributed by atoms with Crippen molar-refractivity contribution in [1.82, 2.24) is 4.90 Å². The number of morpholine rings is 2. The van der Waals surface area contributed by atoms with Gasteiger partial charge in [-0.05, 0) is 31.0 Å². The van der Waals surface area contributed by atoms with Crippen molar-refractivity contribution in [1.29, 1.82) is 0 Å². The SMILES string of the molecule is O=C(Nc1ccc(N2CCOCC2)cc1N1CCOCC1)C1CC(=O)N(C2CCCC2)C1. The number of carbonyl (C=O) groups is 2. The summed E-state index contributed by atoms with van der Waals surface area (Å²) in [6.45, 7) is 6.72. The molecule has 8 heteroatoms. The average molecular weight is 443 g/mol. The number of nitrogens with zero attached hydrogens (tertiary/aromatic N) is 3. The Balaban J connectivity index is 1.32. The maximum absolute atomic E-state index is 13.2. The highest BCUT2D eigenvalue weighted by atomic mass is 16.5. The molecule has 4 aliphatic rings. The summed E-state index contributed by atoms with van der Waals surface area (Å²) < 4.78 is 11.0. The van der Waals surface area contributed by atoms with Gasteiger partial charge >= 0.3 is 0 Å². The van der Waals surface area contributed by atoms with Crippen LogP contribution in [0.1, 0.15) is 32.1 Å². The lowest BCUT2D eigenvalue weighted by atomic mass is 10.1. The van der Waals surface area contributed by atoms with Gasteiger partial charge in [0.2, 0.25) is 11.8 Å². The highest BCUT2D eigenvalue weighted by molar-refractivity contribution is 5.99. The van der Waals surface area contributed by atoms with Crippen molar-refractivity contribution in [3.63, 3.8) is 0 Å². The third-order valence-corrected chi connectivity index (χ3v) is 7.26. The van der Waals surface area contributed by atoms with E-state index in [9.17, 15) is 9.59 Å². The summed E-state index contributed by atoms with van der Waals surface area (Å²) in [7, 11) is 0. The summed E-state index contributed by atoms with van der Waals surface area (Å²) in [5.74, 6) is -0.194. The van der Waals surface area contributed by atoms with Crippen LogP contribution in [0.25, 0.3) is 0 Å². The van der Waals surface area contributed by atoms with Crippen molar-refractivity contribution in [2.45, 2.75) is 38.1 Å². The maximum atomic E-state index is 13.2. The first-order valence-electron chi connectivity index (χ1n) is 12.1. The van der Waals surface area contributed by atoms with Gasteiger partial charge in [0, 0.05) is 50.9 Å². The lowest BCUT2D eigenvalue weighted by Crippen LogP contribution is -2.38. The summed E-state index contributed by atoms with van der Waals surface area (Å²) in [4.78, 5) is 32.3. The number of rotatable bonds is 5. The third kappa shape index (κ3) is 4.57. The molecule has 1 aromatic carbocycles. The third-order valence-electron chi connectivity index (χ3n) is 7.26. The molecular weight excluding hydrogens is 408 g/mol. The Labute approximate surface area is 189 Å². The van der Waals surface area contributed by atoms with E-state index in [0.29, 0.717) is 32.2 Å². The standard InChI is InChI=1S/C24H34N4O4/c29-23-15-18(17-28(23)19-3-1-2-4-19)24(30)25-21-6-5-20(26-7-11-31-12-8-26)16-22(21)27-9-13-32-14-10-27/h5-6,16,18-19H,1-4,7-15,17H2,(H,25,30). The fourth-order valence-corrected chi connectivity index (χ4v) is 5.42. The van der Waals surface area contributed by atoms with Crippen molar-refractivity contribution in [3.8, 4) is 0 Å². The Kier molecular flexibility index (Phi) is 6.50. The van der Waals surface area contributed by atoms with Crippen LogP contribution in [0.2, 0.25) is 0 Å². The van der Waals surface area contributed by atoms with Gasteiger partial charge in [0.25, 0.3) is 0 Å². The van der Waals surface area contributed by atoms with Gasteiger partial charge in [0.1, 0.15) is 0 Å². The van der Waals surface area contributed by atoms with Crippen LogP contribution in [0.4, 0.5) is 17.1 Å². The van der Waals surface area contributed by atoms with Gasteiger partial charge in [0.15, 0.2) is 0 Å². The van der Waals surface area contributed by atoms with Crippen LogP contribution in [0, 0.1) is 5.92 Å². The molecular formula is C24H34N4O4. The predicted octanol–water partition coefficient (Wildman–Crippen LogP) is 2.09. The molecule has 1 saturated carbocycles. The Hall–Kier alpha value is -2.32. The van der Waals surface area contributed by atoms with Gasteiger partial charge in [-0.1, -0.05) is 12.8 Å². The van der Waals surface area contributed by atoms with E-state index in [4.69, 9.17) is 9.47 Å². The van der Waals surface area contributed by atoms with E-state index in [1.165, 1.54) is 12.8 Å². The van der Waals surface area contributed by atoms with Crippen LogP contribution in [-0.4, -0.2) is 81.9 Å². The largest absolute Gasteiger partial charge is 0.378 e. The number of likely N-dealkylation sites (tertiary alicyclic amines) is 1. The van der Waals surface area contributed by atoms with Crippen molar-refractivity contribution < 1.29 is 19.1 Å². The van der Waals surface area contributed by atoms with Crippen molar-refractivity contribution in [3.05, 3.63) is 18.2 Å². The van der Waals surface area contributed by atoms with Gasteiger partial charge in [-0.15, -0.1) is 0 Å². The van der Waals surface area contributed by atoms with Crippen molar-refractivity contribution in [2.75, 3.05) is 74.3 Å². The lowest BCUT2D eigenvalue weighted by molar-refractivity contribution is -0.129. The molecule has 1 aliphatic carbocycles. The number of anilines is 3.